The van der Waals surface area contributed by atoms with E-state index < -0.39 is 5.91 Å². The maximum atomic E-state index is 12.7. The Morgan fingerprint density at radius 2 is 1.97 bits per heavy atom. The van der Waals surface area contributed by atoms with Gasteiger partial charge in [-0.25, -0.2) is 0 Å². The van der Waals surface area contributed by atoms with Gasteiger partial charge in [0.1, 0.15) is 24.0 Å². The average molecular weight is 656 g/mol. The molecular weight excluding hydrogens is 638 g/mol. The number of benzene rings is 3. The molecule has 1 amide bonds. The Morgan fingerprint density at radius 1 is 1.21 bits per heavy atom. The number of hydrogen-bond donors (Lipinski definition) is 1. The minimum Gasteiger partial charge on any atom is -0.487 e. The second kappa shape index (κ2) is 11.4. The van der Waals surface area contributed by atoms with Crippen molar-refractivity contribution in [1.29, 1.82) is 5.26 Å². The lowest BCUT2D eigenvalue weighted by Crippen LogP contribution is -2.14. The van der Waals surface area contributed by atoms with E-state index in [1.165, 1.54) is 0 Å². The van der Waals surface area contributed by atoms with Gasteiger partial charge in [0.05, 0.1) is 8.04 Å². The highest BCUT2D eigenvalue weighted by Gasteiger charge is 2.14. The molecule has 168 valence electrons. The molecule has 0 aliphatic carbocycles. The molecule has 0 aromatic heterocycles. The van der Waals surface area contributed by atoms with Crippen molar-refractivity contribution in [2.45, 2.75) is 20.5 Å². The van der Waals surface area contributed by atoms with E-state index in [1.54, 1.807) is 24.3 Å². The zero-order valence-corrected chi connectivity index (χ0v) is 22.9. The molecular formula is C25H18BrCl2IN2O2. The third-order valence-electron chi connectivity index (χ3n) is 4.94. The first-order valence-electron chi connectivity index (χ1n) is 9.74. The Balaban J connectivity index is 1.80. The van der Waals surface area contributed by atoms with E-state index in [0.717, 1.165) is 20.3 Å². The normalized spacial score (nSPS) is 11.1. The van der Waals surface area contributed by atoms with Crippen LogP contribution >= 0.6 is 61.7 Å². The second-order valence-corrected chi connectivity index (χ2v) is 10.1. The lowest BCUT2D eigenvalue weighted by atomic mass is 10.1. The number of ether oxygens (including phenoxy) is 1. The van der Waals surface area contributed by atoms with Crippen LogP contribution in [0.5, 0.6) is 5.75 Å². The molecule has 0 spiro atoms. The maximum Gasteiger partial charge on any atom is 0.266 e. The number of nitriles is 1. The van der Waals surface area contributed by atoms with Gasteiger partial charge in [0, 0.05) is 21.3 Å². The predicted molar refractivity (Wildman–Crippen MR) is 146 cm³/mol. The van der Waals surface area contributed by atoms with E-state index in [1.807, 2.05) is 50.2 Å². The summed E-state index contributed by atoms with van der Waals surface area (Å²) in [4.78, 5) is 12.7. The fourth-order valence-electron chi connectivity index (χ4n) is 2.98. The van der Waals surface area contributed by atoms with E-state index in [4.69, 9.17) is 27.9 Å². The zero-order chi connectivity index (χ0) is 24.1. The van der Waals surface area contributed by atoms with E-state index in [2.05, 4.69) is 43.8 Å². The summed E-state index contributed by atoms with van der Waals surface area (Å²) in [6.07, 6.45) is 1.55. The molecule has 0 aliphatic heterocycles. The van der Waals surface area contributed by atoms with Crippen molar-refractivity contribution in [3.63, 3.8) is 0 Å². The summed E-state index contributed by atoms with van der Waals surface area (Å²) in [5.41, 5.74) is 4.20. The molecule has 8 heteroatoms. The number of rotatable bonds is 6. The Bertz CT molecular complexity index is 1280. The van der Waals surface area contributed by atoms with Crippen LogP contribution in [0.1, 0.15) is 22.3 Å². The molecule has 4 nitrogen and oxygen atoms in total. The van der Waals surface area contributed by atoms with Crippen LogP contribution in [0.15, 0.2) is 58.6 Å². The lowest BCUT2D eigenvalue weighted by Gasteiger charge is -2.13. The van der Waals surface area contributed by atoms with Crippen LogP contribution in [0.25, 0.3) is 6.08 Å². The van der Waals surface area contributed by atoms with Crippen molar-refractivity contribution in [2.24, 2.45) is 0 Å². The van der Waals surface area contributed by atoms with Gasteiger partial charge in [-0.3, -0.25) is 4.79 Å². The Morgan fingerprint density at radius 3 is 2.64 bits per heavy atom. The van der Waals surface area contributed by atoms with Gasteiger partial charge in [-0.15, -0.1) is 0 Å². The summed E-state index contributed by atoms with van der Waals surface area (Å²) in [5.74, 6) is 0.173. The molecule has 33 heavy (non-hydrogen) atoms. The molecule has 0 atom stereocenters. The van der Waals surface area contributed by atoms with Crippen molar-refractivity contribution >= 4 is 79.4 Å². The smallest absolute Gasteiger partial charge is 0.266 e. The highest BCUT2D eigenvalue weighted by molar-refractivity contribution is 14.1. The Hall–Kier alpha value is -2.05. The van der Waals surface area contributed by atoms with Crippen LogP contribution in [0.2, 0.25) is 10.0 Å². The van der Waals surface area contributed by atoms with Gasteiger partial charge < -0.3 is 10.1 Å². The van der Waals surface area contributed by atoms with Crippen molar-refractivity contribution in [2.75, 3.05) is 5.32 Å². The number of anilines is 1. The average Bonchev–Trinajstić information content (AvgIpc) is 2.75. The van der Waals surface area contributed by atoms with Crippen molar-refractivity contribution in [3.8, 4) is 11.8 Å². The molecule has 0 unspecified atom stereocenters. The summed E-state index contributed by atoms with van der Waals surface area (Å²) in [6.45, 7) is 4.16. The summed E-state index contributed by atoms with van der Waals surface area (Å²) in [7, 11) is 0. The molecule has 3 aromatic rings. The minimum absolute atomic E-state index is 0.000204. The van der Waals surface area contributed by atoms with Crippen LogP contribution in [0.3, 0.4) is 0 Å². The fraction of sp³-hybridized carbons (Fsp3) is 0.120. The molecule has 0 saturated carbocycles. The number of nitrogens with one attached hydrogen (secondary N) is 1. The minimum atomic E-state index is -0.463. The Labute approximate surface area is 224 Å². The summed E-state index contributed by atoms with van der Waals surface area (Å²) < 4.78 is 7.47. The quantitative estimate of drug-likeness (QED) is 0.166. The van der Waals surface area contributed by atoms with E-state index in [9.17, 15) is 10.1 Å². The van der Waals surface area contributed by atoms with Crippen LogP contribution in [-0.4, -0.2) is 5.91 Å². The first-order valence-corrected chi connectivity index (χ1v) is 12.4. The first kappa shape index (κ1) is 25.6. The molecule has 3 aromatic carbocycles. The van der Waals surface area contributed by atoms with Crippen LogP contribution in [0.4, 0.5) is 5.69 Å². The molecule has 1 N–H and O–H groups in total. The number of nitrogens with zero attached hydrogens (tertiary/aromatic N) is 1. The van der Waals surface area contributed by atoms with E-state index in [-0.39, 0.29) is 12.2 Å². The van der Waals surface area contributed by atoms with Crippen LogP contribution in [0, 0.1) is 28.7 Å². The third-order valence-corrected chi connectivity index (χ3v) is 6.91. The van der Waals surface area contributed by atoms with E-state index >= 15 is 0 Å². The van der Waals surface area contributed by atoms with E-state index in [0.29, 0.717) is 31.5 Å². The lowest BCUT2D eigenvalue weighted by molar-refractivity contribution is -0.112. The van der Waals surface area contributed by atoms with Gasteiger partial charge in [-0.1, -0.05) is 41.4 Å². The molecule has 3 rings (SSSR count). The maximum absolute atomic E-state index is 12.7. The Kier molecular flexibility index (Phi) is 8.82. The molecule has 0 aliphatic rings. The SMILES string of the molecule is Cc1cccc(NC(=O)/C(C#N)=C/c2cc(Br)c(OCc3ccc(Cl)cc3Cl)c(I)c2)c1C. The monoisotopic (exact) mass is 654 g/mol. The first-order chi connectivity index (χ1) is 15.7. The summed E-state index contributed by atoms with van der Waals surface area (Å²) in [5, 5.41) is 13.5. The number of halogens is 4. The van der Waals surface area contributed by atoms with Gasteiger partial charge in [0.2, 0.25) is 0 Å². The van der Waals surface area contributed by atoms with Gasteiger partial charge in [0.15, 0.2) is 0 Å². The standard InChI is InChI=1S/C25H18BrCl2IN2O2/c1-14-4-3-5-23(15(14)2)31-25(32)18(12-30)8-16-9-20(26)24(22(29)10-16)33-13-17-6-7-19(27)11-21(17)28/h3-11H,13H2,1-2H3,(H,31,32)/b18-8+. The second-order valence-electron chi connectivity index (χ2n) is 7.21. The summed E-state index contributed by atoms with van der Waals surface area (Å²) >= 11 is 17.8. The predicted octanol–water partition coefficient (Wildman–Crippen LogP) is 8.10. The van der Waals surface area contributed by atoms with Gasteiger partial charge in [-0.05, 0) is 105 Å². The number of aryl methyl sites for hydroxylation is 1. The number of carbonyl (C=O) groups is 1. The van der Waals surface area contributed by atoms with Crippen LogP contribution < -0.4 is 10.1 Å². The number of carbonyl (C=O) groups excluding carboxylic acids is 1. The summed E-state index contributed by atoms with van der Waals surface area (Å²) in [6, 6.07) is 16.5. The highest BCUT2D eigenvalue weighted by Crippen LogP contribution is 2.34. The molecule has 0 heterocycles. The molecule has 0 bridgehead atoms. The zero-order valence-electron chi connectivity index (χ0n) is 17.7. The van der Waals surface area contributed by atoms with Crippen molar-refractivity contribution in [1.82, 2.24) is 0 Å². The van der Waals surface area contributed by atoms with Crippen molar-refractivity contribution < 1.29 is 9.53 Å². The van der Waals surface area contributed by atoms with Gasteiger partial charge in [0.25, 0.3) is 5.91 Å². The van der Waals surface area contributed by atoms with Gasteiger partial charge in [-0.2, -0.15) is 5.26 Å². The fourth-order valence-corrected chi connectivity index (χ4v) is 5.21. The topological polar surface area (TPSA) is 62.1 Å². The number of hydrogen-bond acceptors (Lipinski definition) is 3. The molecule has 0 fully saturated rings. The largest absolute Gasteiger partial charge is 0.487 e. The van der Waals surface area contributed by atoms with Gasteiger partial charge >= 0.3 is 0 Å². The number of amides is 1. The third kappa shape index (κ3) is 6.51. The highest BCUT2D eigenvalue weighted by atomic mass is 127. The van der Waals surface area contributed by atoms with Crippen molar-refractivity contribution in [3.05, 3.63) is 94.4 Å². The molecule has 0 radical (unpaired) electrons. The van der Waals surface area contributed by atoms with Crippen LogP contribution in [-0.2, 0) is 11.4 Å². The molecule has 0 saturated heterocycles.